The van der Waals surface area contributed by atoms with Crippen LogP contribution in [0.5, 0.6) is 17.2 Å². The Morgan fingerprint density at radius 2 is 1.77 bits per heavy atom. The number of phenols is 2. The van der Waals surface area contributed by atoms with Gasteiger partial charge in [-0.25, -0.2) is 0 Å². The molecule has 4 unspecified atom stereocenters. The Bertz CT molecular complexity index is 1890. The minimum atomic E-state index is -0.532. The lowest BCUT2D eigenvalue weighted by molar-refractivity contribution is -0.148. The number of carbonyl (C=O) groups is 2. The molecule has 2 bridgehead atoms. The van der Waals surface area contributed by atoms with Gasteiger partial charge in [0.2, 0.25) is 0 Å². The Kier molecular flexibility index (Phi) is 12.2. The quantitative estimate of drug-likeness (QED) is 0.136. The largest absolute Gasteiger partial charge is 0.508 e. The van der Waals surface area contributed by atoms with Gasteiger partial charge in [0.15, 0.2) is 11.5 Å². The number of aromatic amines is 1. The van der Waals surface area contributed by atoms with Crippen LogP contribution in [0.2, 0.25) is 0 Å². The third kappa shape index (κ3) is 9.67. The number of phenolic OH excluding ortho intramolecular Hbond substituents is 2. The summed E-state index contributed by atoms with van der Waals surface area (Å²) >= 11 is 0. The molecule has 0 saturated heterocycles. The van der Waals surface area contributed by atoms with Crippen molar-refractivity contribution in [3.63, 3.8) is 0 Å². The number of ether oxygens (including phenoxy) is 2. The second-order valence-corrected chi connectivity index (χ2v) is 14.9. The minimum Gasteiger partial charge on any atom is -0.508 e. The number of benzene rings is 2. The number of ketones is 1. The zero-order valence-electron chi connectivity index (χ0n) is 31.2. The van der Waals surface area contributed by atoms with Gasteiger partial charge in [-0.1, -0.05) is 49.5 Å². The lowest BCUT2D eigenvalue weighted by Gasteiger charge is -2.31. The van der Waals surface area contributed by atoms with Gasteiger partial charge >= 0.3 is 5.97 Å². The van der Waals surface area contributed by atoms with E-state index in [-0.39, 0.29) is 36.0 Å². The van der Waals surface area contributed by atoms with E-state index in [1.54, 1.807) is 24.3 Å². The number of dihydropyridines is 1. The molecule has 3 heterocycles. The molecule has 1 saturated carbocycles. The fourth-order valence-corrected chi connectivity index (χ4v) is 8.17. The molecule has 5 N–H and O–H groups in total. The van der Waals surface area contributed by atoms with Gasteiger partial charge in [0.05, 0.1) is 18.6 Å². The average molecular weight is 720 g/mol. The molecule has 3 aromatic rings. The lowest BCUT2D eigenvalue weighted by Crippen LogP contribution is -2.45. The standard InChI is InChI=1S/C44H53N3O6/c1-4-30-10-12-39(53-29(2)48)26-38(50)21-32(31-11-13-41(51)42(24-31)52-3)14-18-44(16-5-6-17-44)47-43-25-34(15-19-46-43)40(33-8-7-9-37(49)22-33)23-36-28-45-27-35(36)20-30/h7-9,11,13,15,22,24-25,27-28,30,32,39-40,45-47,49,51H,4-6,10,12,16-17,19-21,23,26H2,1-3H3. The molecule has 0 amide bonds. The summed E-state index contributed by atoms with van der Waals surface area (Å²) in [5.74, 6) is 8.05. The smallest absolute Gasteiger partial charge is 0.302 e. The molecular formula is C44H53N3O6. The van der Waals surface area contributed by atoms with Gasteiger partial charge in [0, 0.05) is 44.6 Å². The van der Waals surface area contributed by atoms with Crippen molar-refractivity contribution in [2.24, 2.45) is 5.92 Å². The Morgan fingerprint density at radius 1 is 0.981 bits per heavy atom. The van der Waals surface area contributed by atoms with Crippen LogP contribution < -0.4 is 15.4 Å². The Hall–Kier alpha value is -5.10. The molecule has 1 aromatic heterocycles. The lowest BCUT2D eigenvalue weighted by atomic mass is 9.82. The van der Waals surface area contributed by atoms with E-state index in [1.165, 1.54) is 25.2 Å². The van der Waals surface area contributed by atoms with Crippen molar-refractivity contribution >= 4 is 11.8 Å². The summed E-state index contributed by atoms with van der Waals surface area (Å²) < 4.78 is 11.2. The monoisotopic (exact) mass is 719 g/mol. The molecule has 9 nitrogen and oxygen atoms in total. The Morgan fingerprint density at radius 3 is 2.51 bits per heavy atom. The maximum atomic E-state index is 13.9. The van der Waals surface area contributed by atoms with Gasteiger partial charge in [-0.05, 0) is 115 Å². The first-order chi connectivity index (χ1) is 25.6. The summed E-state index contributed by atoms with van der Waals surface area (Å²) in [7, 11) is 1.50. The first-order valence-corrected chi connectivity index (χ1v) is 19.1. The molecule has 2 aromatic carbocycles. The SMILES string of the molecule is CCC1CCC(OC(C)=O)CC(=O)CC(c2ccc(O)c(OC)c2)C#CC2(CCCC2)NC2=CC(=CCN2)C(c2cccc(O)c2)Cc2c[nH]cc2C1. The molecule has 2 aliphatic heterocycles. The number of H-pyrrole nitrogens is 1. The Labute approximate surface area is 313 Å². The van der Waals surface area contributed by atoms with Crippen LogP contribution in [-0.2, 0) is 27.2 Å². The van der Waals surface area contributed by atoms with Gasteiger partial charge in [-0.15, -0.1) is 0 Å². The van der Waals surface area contributed by atoms with Crippen LogP contribution >= 0.6 is 0 Å². The summed E-state index contributed by atoms with van der Waals surface area (Å²) in [5.41, 5.74) is 4.97. The van der Waals surface area contributed by atoms with Crippen LogP contribution in [-0.4, -0.2) is 52.2 Å². The molecule has 9 heteroatoms. The van der Waals surface area contributed by atoms with Crippen LogP contribution in [0, 0.1) is 17.8 Å². The molecule has 6 rings (SSSR count). The highest BCUT2D eigenvalue weighted by Crippen LogP contribution is 2.37. The van der Waals surface area contributed by atoms with Crippen molar-refractivity contribution in [3.8, 4) is 29.1 Å². The van der Waals surface area contributed by atoms with E-state index in [1.807, 2.05) is 12.1 Å². The second-order valence-electron chi connectivity index (χ2n) is 14.9. The maximum Gasteiger partial charge on any atom is 0.302 e. The van der Waals surface area contributed by atoms with E-state index in [4.69, 9.17) is 9.47 Å². The predicted molar refractivity (Wildman–Crippen MR) is 206 cm³/mol. The molecule has 3 aliphatic rings. The first-order valence-electron chi connectivity index (χ1n) is 19.1. The third-order valence-electron chi connectivity index (χ3n) is 11.1. The number of carbonyl (C=O) groups excluding carboxylic acids is 2. The normalized spacial score (nSPS) is 23.6. The number of methoxy groups -OCH3 is 1. The van der Waals surface area contributed by atoms with E-state index in [0.29, 0.717) is 24.6 Å². The highest BCUT2D eigenvalue weighted by molar-refractivity contribution is 5.81. The number of fused-ring (bicyclic) bond motifs is 2. The van der Waals surface area contributed by atoms with Crippen molar-refractivity contribution < 1.29 is 29.3 Å². The number of aromatic hydroxyl groups is 2. The average Bonchev–Trinajstić information content (AvgIpc) is 3.79. The summed E-state index contributed by atoms with van der Waals surface area (Å²) in [4.78, 5) is 29.5. The third-order valence-corrected chi connectivity index (χ3v) is 11.1. The molecule has 53 heavy (non-hydrogen) atoms. The van der Waals surface area contributed by atoms with Gasteiger partial charge in [-0.2, -0.15) is 0 Å². The summed E-state index contributed by atoms with van der Waals surface area (Å²) in [6.45, 7) is 4.23. The first kappa shape index (κ1) is 37.7. The van der Waals surface area contributed by atoms with E-state index in [0.717, 1.165) is 73.9 Å². The van der Waals surface area contributed by atoms with Crippen LogP contribution in [0.3, 0.4) is 0 Å². The van der Waals surface area contributed by atoms with Crippen LogP contribution in [0.15, 0.2) is 78.4 Å². The molecule has 0 radical (unpaired) electrons. The van der Waals surface area contributed by atoms with Gasteiger partial charge in [-0.3, -0.25) is 9.59 Å². The number of hydrogen-bond acceptors (Lipinski definition) is 8. The molecule has 1 fully saturated rings. The molecule has 280 valence electrons. The van der Waals surface area contributed by atoms with Crippen molar-refractivity contribution in [1.29, 1.82) is 0 Å². The van der Waals surface area contributed by atoms with Gasteiger partial charge < -0.3 is 35.3 Å². The van der Waals surface area contributed by atoms with Crippen LogP contribution in [0.4, 0.5) is 0 Å². The molecule has 1 aliphatic carbocycles. The fraction of sp³-hybridized carbons (Fsp3) is 0.455. The predicted octanol–water partition coefficient (Wildman–Crippen LogP) is 7.46. The summed E-state index contributed by atoms with van der Waals surface area (Å²) in [6.07, 6.45) is 16.0. The highest BCUT2D eigenvalue weighted by atomic mass is 16.5. The van der Waals surface area contributed by atoms with Crippen molar-refractivity contribution in [1.82, 2.24) is 15.6 Å². The molecular weight excluding hydrogens is 666 g/mol. The van der Waals surface area contributed by atoms with Crippen LogP contribution in [0.1, 0.15) is 106 Å². The molecule has 1 spiro atoms. The Balaban J connectivity index is 1.42. The number of allylic oxidation sites excluding steroid dienone is 2. The van der Waals surface area contributed by atoms with E-state index >= 15 is 0 Å². The summed E-state index contributed by atoms with van der Waals surface area (Å²) in [5, 5.41) is 28.3. The molecule has 4 atom stereocenters. The maximum absolute atomic E-state index is 13.9. The number of esters is 1. The number of hydrogen-bond donors (Lipinski definition) is 5. The fourth-order valence-electron chi connectivity index (χ4n) is 8.17. The number of rotatable bonds is 5. The summed E-state index contributed by atoms with van der Waals surface area (Å²) in [6, 6.07) is 12.7. The van der Waals surface area contributed by atoms with E-state index in [9.17, 15) is 19.8 Å². The second kappa shape index (κ2) is 17.2. The minimum absolute atomic E-state index is 0.0000477. The zero-order valence-corrected chi connectivity index (χ0v) is 31.2. The van der Waals surface area contributed by atoms with E-state index in [2.05, 4.69) is 65.0 Å². The topological polar surface area (TPSA) is 133 Å². The van der Waals surface area contributed by atoms with Gasteiger partial charge in [0.1, 0.15) is 23.5 Å². The van der Waals surface area contributed by atoms with Crippen molar-refractivity contribution in [3.05, 3.63) is 101 Å². The van der Waals surface area contributed by atoms with E-state index < -0.39 is 23.5 Å². The van der Waals surface area contributed by atoms with Crippen LogP contribution in [0.25, 0.3) is 0 Å². The highest BCUT2D eigenvalue weighted by Gasteiger charge is 2.34. The number of aromatic nitrogens is 1. The van der Waals surface area contributed by atoms with Gasteiger partial charge in [0.25, 0.3) is 0 Å². The number of Topliss-reactive ketones (excluding diaryl/α,β-unsaturated/α-hetero) is 1. The van der Waals surface area contributed by atoms with Crippen molar-refractivity contribution in [2.75, 3.05) is 13.7 Å². The van der Waals surface area contributed by atoms with Crippen molar-refractivity contribution in [2.45, 2.75) is 108 Å². The number of nitrogens with one attached hydrogen (secondary N) is 3. The zero-order chi connectivity index (χ0) is 37.4.